The van der Waals surface area contributed by atoms with Crippen molar-refractivity contribution in [3.63, 3.8) is 0 Å². The summed E-state index contributed by atoms with van der Waals surface area (Å²) in [4.78, 5) is 2.42. The second-order valence-electron chi connectivity index (χ2n) is 5.60. The second-order valence-corrected chi connectivity index (χ2v) is 5.60. The Labute approximate surface area is 116 Å². The van der Waals surface area contributed by atoms with Gasteiger partial charge in [0.15, 0.2) is 0 Å². The van der Waals surface area contributed by atoms with Crippen molar-refractivity contribution < 1.29 is 4.74 Å². The van der Waals surface area contributed by atoms with E-state index in [-0.39, 0.29) is 0 Å². The Balaban J connectivity index is 2.02. The molecule has 1 atom stereocenters. The highest BCUT2D eigenvalue weighted by Gasteiger charge is 2.21. The fourth-order valence-electron chi connectivity index (χ4n) is 2.97. The monoisotopic (exact) mass is 262 g/mol. The highest BCUT2D eigenvalue weighted by atomic mass is 16.5. The van der Waals surface area contributed by atoms with E-state index in [1.807, 2.05) is 0 Å². The average Bonchev–Trinajstić information content (AvgIpc) is 2.43. The van der Waals surface area contributed by atoms with E-state index in [0.29, 0.717) is 12.6 Å². The van der Waals surface area contributed by atoms with Crippen LogP contribution in [0.4, 0.5) is 0 Å². The van der Waals surface area contributed by atoms with E-state index in [4.69, 9.17) is 10.5 Å². The number of nitrogens with two attached hydrogens (primary N) is 1. The summed E-state index contributed by atoms with van der Waals surface area (Å²) in [5.74, 6) is 0.747. The molecule has 0 amide bonds. The molecular formula is C16H26N2O. The van der Waals surface area contributed by atoms with Crippen LogP contribution in [0.5, 0.6) is 0 Å². The zero-order valence-corrected chi connectivity index (χ0v) is 12.1. The number of rotatable bonds is 5. The molecule has 1 fully saturated rings. The number of hydrogen-bond acceptors (Lipinski definition) is 3. The van der Waals surface area contributed by atoms with Gasteiger partial charge in [0.05, 0.1) is 0 Å². The molecule has 3 heteroatoms. The SMILES string of the molecule is Cc1ccccc1C(CN)N(C)CC1CCOCC1. The standard InChI is InChI=1S/C16H26N2O/c1-13-5-3-4-6-15(13)16(11-17)18(2)12-14-7-9-19-10-8-14/h3-6,14,16H,7-12,17H2,1-2H3. The van der Waals surface area contributed by atoms with Gasteiger partial charge >= 0.3 is 0 Å². The topological polar surface area (TPSA) is 38.5 Å². The van der Waals surface area contributed by atoms with E-state index >= 15 is 0 Å². The van der Waals surface area contributed by atoms with Gasteiger partial charge in [-0.2, -0.15) is 0 Å². The molecule has 1 aromatic rings. The van der Waals surface area contributed by atoms with Gasteiger partial charge in [0.2, 0.25) is 0 Å². The molecule has 1 saturated heterocycles. The maximum atomic E-state index is 6.01. The smallest absolute Gasteiger partial charge is 0.0470 e. The van der Waals surface area contributed by atoms with E-state index in [1.54, 1.807) is 0 Å². The summed E-state index contributed by atoms with van der Waals surface area (Å²) in [5, 5.41) is 0. The minimum Gasteiger partial charge on any atom is -0.381 e. The lowest BCUT2D eigenvalue weighted by Gasteiger charge is -2.33. The average molecular weight is 262 g/mol. The predicted molar refractivity (Wildman–Crippen MR) is 79.1 cm³/mol. The van der Waals surface area contributed by atoms with E-state index in [0.717, 1.165) is 25.7 Å². The molecule has 1 aliphatic rings. The lowest BCUT2D eigenvalue weighted by molar-refractivity contribution is 0.0507. The van der Waals surface area contributed by atoms with Gasteiger partial charge in [-0.15, -0.1) is 0 Å². The lowest BCUT2D eigenvalue weighted by atomic mass is 9.96. The number of ether oxygens (including phenoxy) is 1. The van der Waals surface area contributed by atoms with Gasteiger partial charge in [0.25, 0.3) is 0 Å². The molecule has 1 heterocycles. The minimum absolute atomic E-state index is 0.323. The molecule has 19 heavy (non-hydrogen) atoms. The first-order chi connectivity index (χ1) is 9.22. The van der Waals surface area contributed by atoms with Crippen LogP contribution in [-0.4, -0.2) is 38.3 Å². The predicted octanol–water partition coefficient (Wildman–Crippen LogP) is 2.35. The number of benzene rings is 1. The Kier molecular flexibility index (Phi) is 5.37. The van der Waals surface area contributed by atoms with Crippen LogP contribution in [0.2, 0.25) is 0 Å². The van der Waals surface area contributed by atoms with Gasteiger partial charge in [-0.3, -0.25) is 4.90 Å². The Morgan fingerprint density at radius 1 is 1.32 bits per heavy atom. The third-order valence-electron chi connectivity index (χ3n) is 4.19. The number of nitrogens with zero attached hydrogens (tertiary/aromatic N) is 1. The van der Waals surface area contributed by atoms with Gasteiger partial charge in [0, 0.05) is 32.3 Å². The maximum absolute atomic E-state index is 6.01. The van der Waals surface area contributed by atoms with E-state index in [2.05, 4.69) is 43.1 Å². The first-order valence-electron chi connectivity index (χ1n) is 7.26. The van der Waals surface area contributed by atoms with Crippen molar-refractivity contribution in [2.45, 2.75) is 25.8 Å². The van der Waals surface area contributed by atoms with Crippen molar-refractivity contribution in [1.82, 2.24) is 4.90 Å². The molecule has 0 bridgehead atoms. The number of aryl methyl sites for hydroxylation is 1. The highest BCUT2D eigenvalue weighted by Crippen LogP contribution is 2.24. The molecule has 0 saturated carbocycles. The Morgan fingerprint density at radius 3 is 2.63 bits per heavy atom. The highest BCUT2D eigenvalue weighted by molar-refractivity contribution is 5.29. The molecule has 0 spiro atoms. The van der Waals surface area contributed by atoms with Crippen LogP contribution in [0.15, 0.2) is 24.3 Å². The summed E-state index contributed by atoms with van der Waals surface area (Å²) in [6, 6.07) is 8.88. The second kappa shape index (κ2) is 7.04. The van der Waals surface area contributed by atoms with Crippen LogP contribution in [0.1, 0.15) is 30.0 Å². The molecule has 2 rings (SSSR count). The minimum atomic E-state index is 0.323. The number of likely N-dealkylation sites (N-methyl/N-ethyl adjacent to an activating group) is 1. The number of hydrogen-bond donors (Lipinski definition) is 1. The zero-order valence-electron chi connectivity index (χ0n) is 12.1. The van der Waals surface area contributed by atoms with Crippen molar-refractivity contribution >= 4 is 0 Å². The summed E-state index contributed by atoms with van der Waals surface area (Å²) in [6.07, 6.45) is 2.35. The quantitative estimate of drug-likeness (QED) is 0.885. The fraction of sp³-hybridized carbons (Fsp3) is 0.625. The lowest BCUT2D eigenvalue weighted by Crippen LogP contribution is -2.36. The van der Waals surface area contributed by atoms with E-state index in [1.165, 1.54) is 24.0 Å². The molecular weight excluding hydrogens is 236 g/mol. The van der Waals surface area contributed by atoms with Gasteiger partial charge in [0.1, 0.15) is 0 Å². The maximum Gasteiger partial charge on any atom is 0.0470 e. The van der Waals surface area contributed by atoms with E-state index < -0.39 is 0 Å². The molecule has 1 aromatic carbocycles. The van der Waals surface area contributed by atoms with Crippen molar-refractivity contribution in [2.24, 2.45) is 11.7 Å². The summed E-state index contributed by atoms with van der Waals surface area (Å²) in [5.41, 5.74) is 8.70. The van der Waals surface area contributed by atoms with Gasteiger partial charge in [-0.25, -0.2) is 0 Å². The molecule has 1 aliphatic heterocycles. The molecule has 1 unspecified atom stereocenters. The Hall–Kier alpha value is -0.900. The summed E-state index contributed by atoms with van der Waals surface area (Å²) in [6.45, 7) is 5.77. The van der Waals surface area contributed by atoms with Crippen LogP contribution in [-0.2, 0) is 4.74 Å². The van der Waals surface area contributed by atoms with Gasteiger partial charge in [-0.05, 0) is 43.9 Å². The summed E-state index contributed by atoms with van der Waals surface area (Å²) >= 11 is 0. The van der Waals surface area contributed by atoms with Crippen LogP contribution in [0, 0.1) is 12.8 Å². The third-order valence-corrected chi connectivity index (χ3v) is 4.19. The van der Waals surface area contributed by atoms with Crippen LogP contribution in [0.25, 0.3) is 0 Å². The molecule has 0 aliphatic carbocycles. The van der Waals surface area contributed by atoms with Crippen molar-refractivity contribution in [1.29, 1.82) is 0 Å². The molecule has 2 N–H and O–H groups in total. The molecule has 0 aromatic heterocycles. The zero-order chi connectivity index (χ0) is 13.7. The van der Waals surface area contributed by atoms with Gasteiger partial charge < -0.3 is 10.5 Å². The Bertz CT molecular complexity index is 388. The fourth-order valence-corrected chi connectivity index (χ4v) is 2.97. The molecule has 3 nitrogen and oxygen atoms in total. The van der Waals surface area contributed by atoms with E-state index in [9.17, 15) is 0 Å². The normalized spacial score (nSPS) is 18.7. The summed E-state index contributed by atoms with van der Waals surface area (Å²) < 4.78 is 5.43. The van der Waals surface area contributed by atoms with Crippen LogP contribution >= 0.6 is 0 Å². The van der Waals surface area contributed by atoms with Crippen LogP contribution in [0.3, 0.4) is 0 Å². The van der Waals surface area contributed by atoms with Crippen LogP contribution < -0.4 is 5.73 Å². The summed E-state index contributed by atoms with van der Waals surface area (Å²) in [7, 11) is 2.19. The van der Waals surface area contributed by atoms with Gasteiger partial charge in [-0.1, -0.05) is 24.3 Å². The first-order valence-corrected chi connectivity index (χ1v) is 7.26. The first kappa shape index (κ1) is 14.5. The largest absolute Gasteiger partial charge is 0.381 e. The molecule has 106 valence electrons. The van der Waals surface area contributed by atoms with Crippen molar-refractivity contribution in [3.05, 3.63) is 35.4 Å². The van der Waals surface area contributed by atoms with Crippen molar-refractivity contribution in [3.8, 4) is 0 Å². The Morgan fingerprint density at radius 2 is 2.00 bits per heavy atom. The molecule has 0 radical (unpaired) electrons. The third kappa shape index (κ3) is 3.78. The van der Waals surface area contributed by atoms with Crippen molar-refractivity contribution in [2.75, 3.05) is 33.4 Å².